The van der Waals surface area contributed by atoms with Gasteiger partial charge in [-0.25, -0.2) is 0 Å². The third-order valence-electron chi connectivity index (χ3n) is 1.37. The van der Waals surface area contributed by atoms with E-state index in [0.29, 0.717) is 0 Å². The maximum atomic E-state index is 5.30. The van der Waals surface area contributed by atoms with Crippen molar-refractivity contribution in [1.29, 1.82) is 0 Å². The molecule has 1 aromatic carbocycles. The molecule has 0 spiro atoms. The third-order valence-corrected chi connectivity index (χ3v) is 1.37. The van der Waals surface area contributed by atoms with Crippen molar-refractivity contribution in [2.24, 2.45) is 0 Å². The number of rotatable bonds is 2. The van der Waals surface area contributed by atoms with E-state index in [0.717, 1.165) is 5.75 Å². The molecule has 59 valence electrons. The van der Waals surface area contributed by atoms with Crippen LogP contribution in [0.1, 0.15) is 0 Å². The predicted molar refractivity (Wildman–Crippen MR) is 43.5 cm³/mol. The van der Waals surface area contributed by atoms with E-state index in [4.69, 9.17) is 4.84 Å². The summed E-state index contributed by atoms with van der Waals surface area (Å²) in [5, 5.41) is 3.90. The van der Waals surface area contributed by atoms with Crippen molar-refractivity contribution in [2.75, 3.05) is 0 Å². The lowest BCUT2D eigenvalue weighted by atomic mass is 10.3. The molecule has 0 saturated heterocycles. The van der Waals surface area contributed by atoms with Gasteiger partial charge in [0.1, 0.15) is 0 Å². The summed E-state index contributed by atoms with van der Waals surface area (Å²) in [6.45, 7) is 0. The summed E-state index contributed by atoms with van der Waals surface area (Å²) < 4.78 is 0. The maximum Gasteiger partial charge on any atom is 0.157 e. The fourth-order valence-corrected chi connectivity index (χ4v) is 0.849. The van der Waals surface area contributed by atoms with Crippen LogP contribution in [0.25, 0.3) is 0 Å². The summed E-state index contributed by atoms with van der Waals surface area (Å²) in [6, 6.07) is 11.9. The van der Waals surface area contributed by atoms with Crippen molar-refractivity contribution < 1.29 is 4.84 Å². The van der Waals surface area contributed by atoms with E-state index in [1.54, 1.807) is 30.6 Å². The maximum absolute atomic E-state index is 5.30. The predicted octanol–water partition coefficient (Wildman–Crippen LogP) is 1.53. The molecule has 0 aliphatic rings. The van der Waals surface area contributed by atoms with Gasteiger partial charge in [-0.3, -0.25) is 0 Å². The summed E-state index contributed by atoms with van der Waals surface area (Å²) >= 11 is 0. The van der Waals surface area contributed by atoms with Crippen molar-refractivity contribution in [2.45, 2.75) is 0 Å². The van der Waals surface area contributed by atoms with Gasteiger partial charge in [0.05, 0.1) is 12.4 Å². The zero-order chi connectivity index (χ0) is 8.23. The van der Waals surface area contributed by atoms with Crippen LogP contribution in [-0.4, -0.2) is 9.94 Å². The molecule has 0 aliphatic carbocycles. The Morgan fingerprint density at radius 1 is 1.33 bits per heavy atom. The second-order valence-corrected chi connectivity index (χ2v) is 2.24. The van der Waals surface area contributed by atoms with Crippen LogP contribution >= 0.6 is 0 Å². The Labute approximate surface area is 70.2 Å². The second kappa shape index (κ2) is 3.09. The van der Waals surface area contributed by atoms with E-state index in [2.05, 4.69) is 11.2 Å². The highest BCUT2D eigenvalue weighted by Gasteiger charge is 1.91. The quantitative estimate of drug-likeness (QED) is 0.664. The molecule has 0 amide bonds. The van der Waals surface area contributed by atoms with E-state index in [9.17, 15) is 0 Å². The first kappa shape index (κ1) is 6.91. The molecular formula is C9H7N2O. The Hall–Kier alpha value is -1.77. The Kier molecular flexibility index (Phi) is 1.78. The van der Waals surface area contributed by atoms with Crippen molar-refractivity contribution in [3.05, 3.63) is 48.8 Å². The molecule has 3 nitrogen and oxygen atoms in total. The summed E-state index contributed by atoms with van der Waals surface area (Å²) in [5.74, 6) is 0.748. The molecule has 1 aromatic heterocycles. The first-order valence-electron chi connectivity index (χ1n) is 3.59. The SMILES string of the molecule is [c]1ccc(On2cccn2)cc1. The van der Waals surface area contributed by atoms with Crippen LogP contribution in [-0.2, 0) is 0 Å². The van der Waals surface area contributed by atoms with Crippen LogP contribution in [0.15, 0.2) is 42.7 Å². The van der Waals surface area contributed by atoms with Gasteiger partial charge in [-0.1, -0.05) is 12.1 Å². The van der Waals surface area contributed by atoms with Crippen LogP contribution in [0.2, 0.25) is 0 Å². The van der Waals surface area contributed by atoms with Gasteiger partial charge < -0.3 is 4.84 Å². The van der Waals surface area contributed by atoms with Crippen molar-refractivity contribution in [3.8, 4) is 5.75 Å². The lowest BCUT2D eigenvalue weighted by molar-refractivity contribution is 0.179. The van der Waals surface area contributed by atoms with Gasteiger partial charge in [0.2, 0.25) is 0 Å². The Morgan fingerprint density at radius 3 is 2.83 bits per heavy atom. The van der Waals surface area contributed by atoms with Gasteiger partial charge in [-0.15, -0.1) is 9.94 Å². The molecule has 0 fully saturated rings. The van der Waals surface area contributed by atoms with Crippen molar-refractivity contribution >= 4 is 0 Å². The zero-order valence-corrected chi connectivity index (χ0v) is 6.34. The molecule has 12 heavy (non-hydrogen) atoms. The molecule has 2 rings (SSSR count). The summed E-state index contributed by atoms with van der Waals surface area (Å²) in [7, 11) is 0. The minimum Gasteiger partial charge on any atom is -0.358 e. The number of nitrogens with zero attached hydrogens (tertiary/aromatic N) is 2. The highest BCUT2D eigenvalue weighted by molar-refractivity contribution is 5.19. The molecule has 3 heteroatoms. The fraction of sp³-hybridized carbons (Fsp3) is 0. The molecule has 0 aliphatic heterocycles. The van der Waals surface area contributed by atoms with Gasteiger partial charge in [0, 0.05) is 0 Å². The van der Waals surface area contributed by atoms with E-state index in [1.807, 2.05) is 12.1 Å². The van der Waals surface area contributed by atoms with E-state index in [-0.39, 0.29) is 0 Å². The first-order valence-corrected chi connectivity index (χ1v) is 3.59. The number of hydrogen-bond donors (Lipinski definition) is 0. The number of hydrogen-bond acceptors (Lipinski definition) is 2. The molecule has 0 saturated carbocycles. The van der Waals surface area contributed by atoms with Gasteiger partial charge in [0.15, 0.2) is 5.75 Å². The highest BCUT2D eigenvalue weighted by atomic mass is 16.7. The van der Waals surface area contributed by atoms with Gasteiger partial charge >= 0.3 is 0 Å². The van der Waals surface area contributed by atoms with E-state index < -0.39 is 0 Å². The molecule has 0 bridgehead atoms. The summed E-state index contributed by atoms with van der Waals surface area (Å²) in [5.41, 5.74) is 0. The van der Waals surface area contributed by atoms with Crippen LogP contribution in [0.3, 0.4) is 0 Å². The van der Waals surface area contributed by atoms with E-state index in [1.165, 1.54) is 4.85 Å². The van der Waals surface area contributed by atoms with Gasteiger partial charge in [-0.05, 0) is 24.3 Å². The standard InChI is InChI=1S/C9H7N2O/c1-2-5-9(6-3-1)12-11-8-4-7-10-11/h2-8H. The van der Waals surface area contributed by atoms with Crippen LogP contribution in [0.4, 0.5) is 0 Å². The molecule has 1 heterocycles. The van der Waals surface area contributed by atoms with Crippen LogP contribution in [0.5, 0.6) is 5.75 Å². The topological polar surface area (TPSA) is 27.1 Å². The fourth-order valence-electron chi connectivity index (χ4n) is 0.849. The van der Waals surface area contributed by atoms with Gasteiger partial charge in [0.25, 0.3) is 0 Å². The molecular weight excluding hydrogens is 152 g/mol. The van der Waals surface area contributed by atoms with Crippen LogP contribution < -0.4 is 4.84 Å². The lowest BCUT2D eigenvalue weighted by Crippen LogP contribution is -2.04. The molecule has 0 atom stereocenters. The molecule has 1 radical (unpaired) electrons. The zero-order valence-electron chi connectivity index (χ0n) is 6.34. The summed E-state index contributed by atoms with van der Waals surface area (Å²) in [6.07, 6.45) is 3.39. The molecule has 2 aromatic rings. The van der Waals surface area contributed by atoms with E-state index >= 15 is 0 Å². The summed E-state index contributed by atoms with van der Waals surface area (Å²) in [4.78, 5) is 6.70. The van der Waals surface area contributed by atoms with Gasteiger partial charge in [-0.2, -0.15) is 0 Å². The molecule has 0 N–H and O–H groups in total. The Bertz CT molecular complexity index is 329. The van der Waals surface area contributed by atoms with Crippen LogP contribution in [0, 0.1) is 6.07 Å². The van der Waals surface area contributed by atoms with Crippen molar-refractivity contribution in [3.63, 3.8) is 0 Å². The lowest BCUT2D eigenvalue weighted by Gasteiger charge is -2.01. The first-order chi connectivity index (χ1) is 5.95. The minimum atomic E-state index is 0.748. The van der Waals surface area contributed by atoms with Crippen molar-refractivity contribution in [1.82, 2.24) is 9.94 Å². The second-order valence-electron chi connectivity index (χ2n) is 2.24. The minimum absolute atomic E-state index is 0.748. The smallest absolute Gasteiger partial charge is 0.157 e. The normalized spacial score (nSPS) is 9.67. The Balaban J connectivity index is 2.15. The largest absolute Gasteiger partial charge is 0.358 e. The average molecular weight is 159 g/mol. The third kappa shape index (κ3) is 1.45. The molecule has 0 unspecified atom stereocenters. The Morgan fingerprint density at radius 2 is 2.17 bits per heavy atom. The highest BCUT2D eigenvalue weighted by Crippen LogP contribution is 2.07. The monoisotopic (exact) mass is 159 g/mol. The number of aromatic nitrogens is 2. The number of benzene rings is 1. The average Bonchev–Trinajstić information content (AvgIpc) is 2.59.